The molecule has 0 saturated heterocycles. The van der Waals surface area contributed by atoms with E-state index in [0.717, 1.165) is 24.2 Å². The molecule has 1 amide bonds. The maximum Gasteiger partial charge on any atom is 0.251 e. The van der Waals surface area contributed by atoms with E-state index in [-0.39, 0.29) is 5.91 Å². The van der Waals surface area contributed by atoms with Gasteiger partial charge in [0.05, 0.1) is 7.11 Å². The van der Waals surface area contributed by atoms with E-state index in [1.807, 2.05) is 19.1 Å². The minimum atomic E-state index is 0.00944. The first-order valence-corrected chi connectivity index (χ1v) is 6.16. The molecule has 0 spiro atoms. The van der Waals surface area contributed by atoms with Crippen LogP contribution < -0.4 is 10.1 Å². The number of aryl methyl sites for hydroxylation is 1. The van der Waals surface area contributed by atoms with Crippen molar-refractivity contribution in [1.82, 2.24) is 5.32 Å². The number of nitrogens with one attached hydrogen (secondary N) is 1. The third kappa shape index (κ3) is 2.78. The first-order valence-electron chi connectivity index (χ1n) is 6.16. The van der Waals surface area contributed by atoms with E-state index in [9.17, 15) is 4.79 Å². The van der Waals surface area contributed by atoms with Gasteiger partial charge >= 0.3 is 0 Å². The highest BCUT2D eigenvalue weighted by Gasteiger charge is 2.18. The molecule has 0 aromatic heterocycles. The lowest BCUT2D eigenvalue weighted by Gasteiger charge is -2.13. The third-order valence-corrected chi connectivity index (χ3v) is 3.36. The summed E-state index contributed by atoms with van der Waals surface area (Å²) in [5, 5.41) is 3.07. The van der Waals surface area contributed by atoms with Gasteiger partial charge in [0.1, 0.15) is 5.75 Å². The summed E-state index contributed by atoms with van der Waals surface area (Å²) in [4.78, 5) is 12.0. The average Bonchev–Trinajstić information content (AvgIpc) is 2.82. The highest BCUT2D eigenvalue weighted by Crippen LogP contribution is 2.21. The summed E-state index contributed by atoms with van der Waals surface area (Å²) in [7, 11) is 1.63. The van der Waals surface area contributed by atoms with Crippen LogP contribution >= 0.6 is 0 Å². The fourth-order valence-corrected chi connectivity index (χ4v) is 2.30. The summed E-state index contributed by atoms with van der Waals surface area (Å²) in [5.74, 6) is 0.777. The van der Waals surface area contributed by atoms with E-state index >= 15 is 0 Å². The molecule has 0 atom stereocenters. The Labute approximate surface area is 102 Å². The van der Waals surface area contributed by atoms with E-state index in [1.54, 1.807) is 13.2 Å². The largest absolute Gasteiger partial charge is 0.496 e. The maximum atomic E-state index is 12.0. The number of benzene rings is 1. The van der Waals surface area contributed by atoms with Gasteiger partial charge in [0.15, 0.2) is 0 Å². The van der Waals surface area contributed by atoms with Crippen molar-refractivity contribution in [2.24, 2.45) is 0 Å². The quantitative estimate of drug-likeness (QED) is 0.871. The molecule has 0 bridgehead atoms. The van der Waals surface area contributed by atoms with E-state index in [2.05, 4.69) is 5.32 Å². The predicted molar refractivity (Wildman–Crippen MR) is 67.5 cm³/mol. The molecule has 1 N–H and O–H groups in total. The zero-order valence-corrected chi connectivity index (χ0v) is 10.5. The second-order valence-electron chi connectivity index (χ2n) is 4.64. The van der Waals surface area contributed by atoms with E-state index in [1.165, 1.54) is 12.8 Å². The third-order valence-electron chi connectivity index (χ3n) is 3.36. The highest BCUT2D eigenvalue weighted by molar-refractivity contribution is 5.94. The standard InChI is InChI=1S/C14H19NO2/c1-10-7-8-11(9-13(10)17-2)14(16)15-12-5-3-4-6-12/h7-9,12H,3-6H2,1-2H3,(H,15,16). The lowest BCUT2D eigenvalue weighted by Crippen LogP contribution is -2.32. The first kappa shape index (κ1) is 12.0. The zero-order valence-electron chi connectivity index (χ0n) is 10.5. The number of methoxy groups -OCH3 is 1. The Morgan fingerprint density at radius 1 is 1.35 bits per heavy atom. The van der Waals surface area contributed by atoms with Gasteiger partial charge in [-0.1, -0.05) is 18.9 Å². The van der Waals surface area contributed by atoms with Crippen molar-refractivity contribution in [3.05, 3.63) is 29.3 Å². The Balaban J connectivity index is 2.07. The average molecular weight is 233 g/mol. The van der Waals surface area contributed by atoms with Crippen LogP contribution in [-0.4, -0.2) is 19.1 Å². The van der Waals surface area contributed by atoms with Crippen LogP contribution in [0.3, 0.4) is 0 Å². The van der Waals surface area contributed by atoms with Crippen LogP contribution in [-0.2, 0) is 0 Å². The minimum absolute atomic E-state index is 0.00944. The highest BCUT2D eigenvalue weighted by atomic mass is 16.5. The molecule has 17 heavy (non-hydrogen) atoms. The molecule has 0 radical (unpaired) electrons. The molecule has 0 heterocycles. The van der Waals surface area contributed by atoms with Gasteiger partial charge < -0.3 is 10.1 Å². The van der Waals surface area contributed by atoms with E-state index < -0.39 is 0 Å². The van der Waals surface area contributed by atoms with Gasteiger partial charge in [0.2, 0.25) is 0 Å². The monoisotopic (exact) mass is 233 g/mol. The van der Waals surface area contributed by atoms with Crippen molar-refractivity contribution >= 4 is 5.91 Å². The molecule has 3 heteroatoms. The molecule has 1 aliphatic rings. The van der Waals surface area contributed by atoms with Crippen molar-refractivity contribution in [3.8, 4) is 5.75 Å². The van der Waals surface area contributed by atoms with Crippen LogP contribution in [0.15, 0.2) is 18.2 Å². The Morgan fingerprint density at radius 3 is 2.71 bits per heavy atom. The predicted octanol–water partition coefficient (Wildman–Crippen LogP) is 2.68. The molecular weight excluding hydrogens is 214 g/mol. The SMILES string of the molecule is COc1cc(C(=O)NC2CCCC2)ccc1C. The van der Waals surface area contributed by atoms with Gasteiger partial charge in [-0.15, -0.1) is 0 Å². The Morgan fingerprint density at radius 2 is 2.06 bits per heavy atom. The van der Waals surface area contributed by atoms with Crippen LogP contribution in [0.2, 0.25) is 0 Å². The molecule has 0 aliphatic heterocycles. The van der Waals surface area contributed by atoms with Gasteiger partial charge in [0.25, 0.3) is 5.91 Å². The molecule has 0 unspecified atom stereocenters. The topological polar surface area (TPSA) is 38.3 Å². The first-order chi connectivity index (χ1) is 8.20. The Hall–Kier alpha value is -1.51. The van der Waals surface area contributed by atoms with Crippen LogP contribution in [0.5, 0.6) is 5.75 Å². The van der Waals surface area contributed by atoms with Gasteiger partial charge in [-0.3, -0.25) is 4.79 Å². The van der Waals surface area contributed by atoms with Crippen molar-refractivity contribution < 1.29 is 9.53 Å². The molecule has 1 aromatic rings. The number of carbonyl (C=O) groups excluding carboxylic acids is 1. The van der Waals surface area contributed by atoms with Crippen molar-refractivity contribution in [3.63, 3.8) is 0 Å². The molecule has 1 saturated carbocycles. The fraction of sp³-hybridized carbons (Fsp3) is 0.500. The summed E-state index contributed by atoms with van der Waals surface area (Å²) in [6.45, 7) is 1.97. The van der Waals surface area contributed by atoms with Crippen molar-refractivity contribution in [2.45, 2.75) is 38.6 Å². The van der Waals surface area contributed by atoms with Crippen LogP contribution in [0.4, 0.5) is 0 Å². The summed E-state index contributed by atoms with van der Waals surface area (Å²) in [6, 6.07) is 5.93. The summed E-state index contributed by atoms with van der Waals surface area (Å²) < 4.78 is 5.23. The van der Waals surface area contributed by atoms with Gasteiger partial charge in [-0.05, 0) is 37.5 Å². The number of hydrogen-bond donors (Lipinski definition) is 1. The van der Waals surface area contributed by atoms with E-state index in [0.29, 0.717) is 11.6 Å². The number of rotatable bonds is 3. The van der Waals surface area contributed by atoms with E-state index in [4.69, 9.17) is 4.74 Å². The maximum absolute atomic E-state index is 12.0. The molecule has 2 rings (SSSR count). The number of hydrogen-bond acceptors (Lipinski definition) is 2. The lowest BCUT2D eigenvalue weighted by atomic mass is 10.1. The van der Waals surface area contributed by atoms with Gasteiger partial charge in [-0.2, -0.15) is 0 Å². The second kappa shape index (κ2) is 5.21. The summed E-state index contributed by atoms with van der Waals surface area (Å²) >= 11 is 0. The number of carbonyl (C=O) groups is 1. The molecular formula is C14H19NO2. The van der Waals surface area contributed by atoms with Crippen molar-refractivity contribution in [1.29, 1.82) is 0 Å². The molecule has 1 aromatic carbocycles. The van der Waals surface area contributed by atoms with Crippen LogP contribution in [0, 0.1) is 6.92 Å². The summed E-state index contributed by atoms with van der Waals surface area (Å²) in [6.07, 6.45) is 4.66. The van der Waals surface area contributed by atoms with Crippen molar-refractivity contribution in [2.75, 3.05) is 7.11 Å². The van der Waals surface area contributed by atoms with Gasteiger partial charge in [-0.25, -0.2) is 0 Å². The molecule has 92 valence electrons. The zero-order chi connectivity index (χ0) is 12.3. The second-order valence-corrected chi connectivity index (χ2v) is 4.64. The normalized spacial score (nSPS) is 15.9. The molecule has 1 fully saturated rings. The summed E-state index contributed by atoms with van der Waals surface area (Å²) in [5.41, 5.74) is 1.73. The lowest BCUT2D eigenvalue weighted by molar-refractivity contribution is 0.0937. The van der Waals surface area contributed by atoms with Crippen LogP contribution in [0.1, 0.15) is 41.6 Å². The number of amides is 1. The Bertz CT molecular complexity index is 409. The minimum Gasteiger partial charge on any atom is -0.496 e. The molecule has 1 aliphatic carbocycles. The van der Waals surface area contributed by atoms with Gasteiger partial charge in [0, 0.05) is 11.6 Å². The van der Waals surface area contributed by atoms with Crippen LogP contribution in [0.25, 0.3) is 0 Å². The molecule has 3 nitrogen and oxygen atoms in total. The smallest absolute Gasteiger partial charge is 0.251 e. The number of ether oxygens (including phenoxy) is 1. The fourth-order valence-electron chi connectivity index (χ4n) is 2.30. The Kier molecular flexibility index (Phi) is 3.67.